The van der Waals surface area contributed by atoms with E-state index in [0.29, 0.717) is 79.0 Å². The number of nitrogens with zero attached hydrogens (tertiary/aromatic N) is 8. The second-order valence-corrected chi connectivity index (χ2v) is 40.4. The molecule has 658 valence electrons. The Morgan fingerprint density at radius 2 is 0.792 bits per heavy atom. The number of rotatable bonds is 30. The molecule has 0 spiro atoms. The first-order valence-electron chi connectivity index (χ1n) is 44.8. The largest absolute Gasteiger partial charge is 0.448 e. The van der Waals surface area contributed by atoms with Crippen molar-refractivity contribution in [3.8, 4) is 0 Å². The Morgan fingerprint density at radius 1 is 0.424 bits per heavy atom. The van der Waals surface area contributed by atoms with Gasteiger partial charge in [-0.1, -0.05) is 168 Å². The molecule has 4 aliphatic rings. The lowest BCUT2D eigenvalue weighted by Gasteiger charge is -2.26. The summed E-state index contributed by atoms with van der Waals surface area (Å²) >= 11 is 18.2. The van der Waals surface area contributed by atoms with E-state index in [0.717, 1.165) is 194 Å². The van der Waals surface area contributed by atoms with Crippen LogP contribution in [0.25, 0.3) is 43.9 Å². The maximum Gasteiger partial charge on any atom is 0.193 e. The van der Waals surface area contributed by atoms with Gasteiger partial charge in [-0.25, -0.2) is 9.97 Å². The molecule has 4 fully saturated rings. The van der Waals surface area contributed by atoms with Gasteiger partial charge in [0.25, 0.3) is 0 Å². The van der Waals surface area contributed by atoms with Crippen LogP contribution in [0.4, 0.5) is 0 Å². The van der Waals surface area contributed by atoms with E-state index in [2.05, 4.69) is 98.5 Å². The number of hydrogen-bond acceptors (Lipinski definition) is 12. The number of pyridine rings is 2. The van der Waals surface area contributed by atoms with E-state index >= 15 is 0 Å². The fraction of sp³-hybridized carbons (Fsp3) is 0.457. The molecule has 0 atom stereocenters. The number of ketones is 8. The van der Waals surface area contributed by atoms with Crippen LogP contribution >= 0.6 is 34.8 Å². The highest BCUT2D eigenvalue weighted by molar-refractivity contribution is 6.31. The lowest BCUT2D eigenvalue weighted by molar-refractivity contribution is -0.125. The van der Waals surface area contributed by atoms with E-state index in [9.17, 15) is 38.4 Å². The van der Waals surface area contributed by atoms with Gasteiger partial charge in [0.15, 0.2) is 28.4 Å². The minimum absolute atomic E-state index is 0.0778. The third kappa shape index (κ3) is 20.2. The molecule has 17 nitrogen and oxygen atoms in total. The standard InChI is InChI=1S/C27H32ClNO3.C27H35N3O2.C26H29ClN2O2.C25H27ClN2O2/c1-16(2)19-9-11-22-21(13-19)25(26(31)18-7-6-8-18)23(14-27(4,5)17(3)30)29(22)15-20-10-12-24(28)32-20;1-17(2)20-10-11-23-22(14-20)25(26(32)19-8-7-9-19)24(15-27(4,5)18(3)31)30(23)16-21-12-13-29(6)28-21;1-16-12-21-23(24(31)19-6-5-7-19)22(13-26(3,4)17(2)30)29(25(21)28-14-16)15-18-8-10-20(27)11-9-18;1-16(29)25(2,3)14-21-22(23(30)18-6-4-7-18)20-8-5-13-27-24(20)28(21)15-17-9-11-19(26)12-10-17/h9-13,16,18H,6-8,14-15H2,1-5H3;10-14,17,19H,7-9,15-16H2,1-6H3;8-12,14,19H,5-7,13,15H2,1-4H3;5,8-13,18H,4,6-7,14-15H2,1-3H3. The van der Waals surface area contributed by atoms with Crippen molar-refractivity contribution in [1.82, 2.24) is 38.0 Å². The van der Waals surface area contributed by atoms with Crippen molar-refractivity contribution in [3.05, 3.63) is 239 Å². The molecule has 8 aromatic heterocycles. The summed E-state index contributed by atoms with van der Waals surface area (Å²) in [4.78, 5) is 114. The Kier molecular flexibility index (Phi) is 28.1. The van der Waals surface area contributed by atoms with Gasteiger partial charge >= 0.3 is 0 Å². The molecule has 0 bridgehead atoms. The van der Waals surface area contributed by atoms with E-state index in [4.69, 9.17) is 44.2 Å². The van der Waals surface area contributed by atoms with E-state index in [1.807, 2.05) is 155 Å². The monoisotopic (exact) mass is 1740 g/mol. The molecule has 4 aromatic carbocycles. The first kappa shape index (κ1) is 92.7. The Balaban J connectivity index is 0.000000143. The van der Waals surface area contributed by atoms with Gasteiger partial charge in [0.1, 0.15) is 40.2 Å². The molecule has 0 N–H and O–H groups in total. The Morgan fingerprint density at radius 3 is 1.14 bits per heavy atom. The normalized spacial score (nSPS) is 14.7. The predicted molar refractivity (Wildman–Crippen MR) is 502 cm³/mol. The van der Waals surface area contributed by atoms with Crippen molar-refractivity contribution in [2.24, 2.45) is 52.4 Å². The number of benzene rings is 4. The number of hydrogen-bond donors (Lipinski definition) is 0. The number of aromatic nitrogens is 8. The molecule has 125 heavy (non-hydrogen) atoms. The van der Waals surface area contributed by atoms with Crippen LogP contribution in [0.3, 0.4) is 0 Å². The van der Waals surface area contributed by atoms with E-state index in [-0.39, 0.29) is 69.9 Å². The second-order valence-electron chi connectivity index (χ2n) is 39.1. The summed E-state index contributed by atoms with van der Waals surface area (Å²) in [5, 5.41) is 10.1. The minimum atomic E-state index is -0.581. The number of carbonyl (C=O) groups is 8. The molecular formula is C105H123Cl3N8O9. The van der Waals surface area contributed by atoms with Crippen LogP contribution in [-0.2, 0) is 78.1 Å². The SMILES string of the molecule is CC(=O)C(C)(C)Cc1c(C(=O)C2CCC2)c2cc(C(C)C)ccc2n1Cc1ccc(Cl)o1.CC(=O)C(C)(C)Cc1c(C(=O)C2CCC2)c2cc(C(C)C)ccc2n1Cc1ccn(C)n1.CC(=O)C(C)(C)Cc1c(C(=O)C2CCC2)c2cc(C)cnc2n1Cc1ccc(Cl)cc1.CC(=O)C(C)(C)Cc1c(C(=O)C2CCC2)c2cccnc2n1Cc1ccc(Cl)cc1. The van der Waals surface area contributed by atoms with E-state index in [1.54, 1.807) is 44.6 Å². The quantitative estimate of drug-likeness (QED) is 0.0385. The van der Waals surface area contributed by atoms with Crippen LogP contribution in [0.5, 0.6) is 0 Å². The highest BCUT2D eigenvalue weighted by Gasteiger charge is 2.41. The summed E-state index contributed by atoms with van der Waals surface area (Å²) < 4.78 is 16.1. The number of fused-ring (bicyclic) bond motifs is 4. The summed E-state index contributed by atoms with van der Waals surface area (Å²) in [7, 11) is 1.91. The highest BCUT2D eigenvalue weighted by atomic mass is 35.5. The average Bonchev–Trinajstić information content (AvgIpc) is 1.61. The summed E-state index contributed by atoms with van der Waals surface area (Å²) in [5.41, 5.74) is 14.8. The fourth-order valence-corrected chi connectivity index (χ4v) is 17.6. The van der Waals surface area contributed by atoms with Gasteiger partial charge in [-0.2, -0.15) is 5.10 Å². The van der Waals surface area contributed by atoms with Gasteiger partial charge in [-0.05, 0) is 222 Å². The van der Waals surface area contributed by atoms with Crippen LogP contribution in [-0.4, -0.2) is 84.3 Å². The molecule has 0 radical (unpaired) electrons. The van der Waals surface area contributed by atoms with Crippen LogP contribution in [0.2, 0.25) is 15.3 Å². The zero-order valence-corrected chi connectivity index (χ0v) is 78.5. The average molecular weight is 1750 g/mol. The molecule has 4 aliphatic carbocycles. The number of aryl methyl sites for hydroxylation is 2. The number of carbonyl (C=O) groups excluding carboxylic acids is 8. The third-order valence-corrected chi connectivity index (χ3v) is 28.2. The third-order valence-electron chi connectivity index (χ3n) is 27.5. The van der Waals surface area contributed by atoms with Crippen LogP contribution in [0, 0.1) is 52.3 Å². The van der Waals surface area contributed by atoms with Crippen molar-refractivity contribution in [1.29, 1.82) is 0 Å². The highest BCUT2D eigenvalue weighted by Crippen LogP contribution is 2.45. The topological polar surface area (TPSA) is 213 Å². The lowest BCUT2D eigenvalue weighted by Crippen LogP contribution is -2.28. The molecule has 0 unspecified atom stereocenters. The smallest absolute Gasteiger partial charge is 0.193 e. The summed E-state index contributed by atoms with van der Waals surface area (Å²) in [6.45, 7) is 35.1. The van der Waals surface area contributed by atoms with Crippen LogP contribution in [0.15, 0.2) is 144 Å². The number of furan rings is 1. The summed E-state index contributed by atoms with van der Waals surface area (Å²) in [6.07, 6.45) is 19.6. The molecule has 8 heterocycles. The minimum Gasteiger partial charge on any atom is -0.448 e. The van der Waals surface area contributed by atoms with E-state index in [1.165, 1.54) is 11.1 Å². The van der Waals surface area contributed by atoms with Crippen molar-refractivity contribution in [2.75, 3.05) is 0 Å². The van der Waals surface area contributed by atoms with Gasteiger partial charge in [-0.3, -0.25) is 43.0 Å². The van der Waals surface area contributed by atoms with Crippen molar-refractivity contribution in [2.45, 2.75) is 258 Å². The number of Topliss-reactive ketones (excluding diaryl/α,β-unsaturated/α-hetero) is 8. The van der Waals surface area contributed by atoms with Crippen LogP contribution in [0.1, 0.15) is 303 Å². The maximum absolute atomic E-state index is 13.8. The molecule has 0 amide bonds. The van der Waals surface area contributed by atoms with Gasteiger partial charge in [0.05, 0.1) is 18.8 Å². The van der Waals surface area contributed by atoms with Gasteiger partial charge in [-0.15, -0.1) is 0 Å². The fourth-order valence-electron chi connectivity index (χ4n) is 17.2. The van der Waals surface area contributed by atoms with Crippen molar-refractivity contribution < 1.29 is 42.8 Å². The first-order chi connectivity index (χ1) is 59.1. The Bertz CT molecular complexity index is 5910. The lowest BCUT2D eigenvalue weighted by atomic mass is 9.77. The molecule has 20 heteroatoms. The first-order valence-corrected chi connectivity index (χ1v) is 45.9. The van der Waals surface area contributed by atoms with Gasteiger partial charge < -0.3 is 22.7 Å². The zero-order valence-electron chi connectivity index (χ0n) is 76.3. The van der Waals surface area contributed by atoms with Gasteiger partial charge in [0, 0.05) is 197 Å². The molecule has 0 saturated heterocycles. The zero-order chi connectivity index (χ0) is 90.2. The van der Waals surface area contributed by atoms with Crippen molar-refractivity contribution in [3.63, 3.8) is 0 Å². The van der Waals surface area contributed by atoms with Crippen LogP contribution < -0.4 is 0 Å². The summed E-state index contributed by atoms with van der Waals surface area (Å²) in [5.74, 6) is 3.13. The Hall–Kier alpha value is -9.94. The predicted octanol–water partition coefficient (Wildman–Crippen LogP) is 25.0. The maximum atomic E-state index is 13.8. The molecule has 16 rings (SSSR count). The van der Waals surface area contributed by atoms with Crippen molar-refractivity contribution >= 4 is 125 Å². The second kappa shape index (κ2) is 37.9. The molecule has 0 aliphatic heterocycles. The Labute approximate surface area is 751 Å². The summed E-state index contributed by atoms with van der Waals surface area (Å²) in [6, 6.07) is 39.9. The molecular weight excluding hydrogens is 1620 g/mol. The molecule has 4 saturated carbocycles. The van der Waals surface area contributed by atoms with Gasteiger partial charge in [0.2, 0.25) is 0 Å². The van der Waals surface area contributed by atoms with E-state index < -0.39 is 21.7 Å². The molecule has 12 aromatic rings. The number of halogens is 3.